The van der Waals surface area contributed by atoms with Gasteiger partial charge in [-0.3, -0.25) is 0 Å². The van der Waals surface area contributed by atoms with Crippen LogP contribution in [0.25, 0.3) is 0 Å². The third-order valence-electron chi connectivity index (χ3n) is 1.62. The van der Waals surface area contributed by atoms with Crippen molar-refractivity contribution in [1.82, 2.24) is 0 Å². The van der Waals surface area contributed by atoms with Gasteiger partial charge in [0.25, 0.3) is 0 Å². The molecule has 0 aliphatic carbocycles. The molecule has 2 atom stereocenters. The molecule has 1 heterocycles. The molecule has 0 spiro atoms. The molecule has 60 valence electrons. The van der Waals surface area contributed by atoms with Crippen molar-refractivity contribution < 1.29 is 9.47 Å². The Bertz CT molecular complexity index is 118. The molecule has 1 aliphatic rings. The van der Waals surface area contributed by atoms with E-state index in [-0.39, 0.29) is 6.10 Å². The van der Waals surface area contributed by atoms with Crippen LogP contribution in [0.15, 0.2) is 0 Å². The van der Waals surface area contributed by atoms with Crippen molar-refractivity contribution in [3.05, 3.63) is 0 Å². The van der Waals surface area contributed by atoms with E-state index in [0.717, 1.165) is 13.0 Å². The summed E-state index contributed by atoms with van der Waals surface area (Å²) in [5.74, 6) is -0.142. The fourth-order valence-electron chi connectivity index (χ4n) is 1.03. The second kappa shape index (κ2) is 3.07. The van der Waals surface area contributed by atoms with Crippen LogP contribution in [0.3, 0.4) is 0 Å². The van der Waals surface area contributed by atoms with Crippen molar-refractivity contribution >= 4 is 11.6 Å². The van der Waals surface area contributed by atoms with Crippen LogP contribution in [-0.2, 0) is 9.47 Å². The molecule has 0 aromatic rings. The standard InChI is InChI=1S/C7H13ClO2/c1-6-3-4-9-7(2,5-8)10-6/h6H,3-5H2,1-2H3. The summed E-state index contributed by atoms with van der Waals surface area (Å²) in [5.41, 5.74) is 0. The van der Waals surface area contributed by atoms with E-state index in [2.05, 4.69) is 0 Å². The van der Waals surface area contributed by atoms with Gasteiger partial charge in [0.2, 0.25) is 0 Å². The summed E-state index contributed by atoms with van der Waals surface area (Å²) in [4.78, 5) is 0. The number of ether oxygens (including phenoxy) is 2. The minimum absolute atomic E-state index is 0.275. The fourth-order valence-corrected chi connectivity index (χ4v) is 1.17. The highest BCUT2D eigenvalue weighted by Gasteiger charge is 2.30. The minimum Gasteiger partial charge on any atom is -0.349 e. The van der Waals surface area contributed by atoms with Gasteiger partial charge in [-0.15, -0.1) is 11.6 Å². The second-order valence-corrected chi connectivity index (χ2v) is 3.10. The Morgan fingerprint density at radius 2 is 2.40 bits per heavy atom. The summed E-state index contributed by atoms with van der Waals surface area (Å²) >= 11 is 5.64. The summed E-state index contributed by atoms with van der Waals surface area (Å²) in [5, 5.41) is 0. The van der Waals surface area contributed by atoms with E-state index in [1.165, 1.54) is 0 Å². The Hall–Kier alpha value is 0.210. The lowest BCUT2D eigenvalue weighted by Gasteiger charge is -2.35. The molecule has 1 rings (SSSR count). The Morgan fingerprint density at radius 3 is 2.80 bits per heavy atom. The average Bonchev–Trinajstić information content (AvgIpc) is 1.88. The Balaban J connectivity index is 2.45. The largest absolute Gasteiger partial charge is 0.349 e. The second-order valence-electron chi connectivity index (χ2n) is 2.83. The first-order valence-corrected chi connectivity index (χ1v) is 4.07. The lowest BCUT2D eigenvalue weighted by Crippen LogP contribution is -2.42. The van der Waals surface area contributed by atoms with E-state index >= 15 is 0 Å². The molecule has 0 saturated carbocycles. The highest BCUT2D eigenvalue weighted by atomic mass is 35.5. The molecular weight excluding hydrogens is 152 g/mol. The van der Waals surface area contributed by atoms with Crippen LogP contribution in [0, 0.1) is 0 Å². The molecule has 1 aliphatic heterocycles. The summed E-state index contributed by atoms with van der Waals surface area (Å²) in [6.45, 7) is 4.66. The van der Waals surface area contributed by atoms with Crippen molar-refractivity contribution in [2.75, 3.05) is 12.5 Å². The molecule has 0 amide bonds. The summed E-state index contributed by atoms with van der Waals surface area (Å²) in [6.07, 6.45) is 1.24. The van der Waals surface area contributed by atoms with E-state index in [9.17, 15) is 0 Å². The highest BCUT2D eigenvalue weighted by molar-refractivity contribution is 6.18. The molecule has 2 unspecified atom stereocenters. The monoisotopic (exact) mass is 164 g/mol. The molecule has 1 saturated heterocycles. The van der Waals surface area contributed by atoms with Gasteiger partial charge in [0.1, 0.15) is 0 Å². The molecule has 2 nitrogen and oxygen atoms in total. The number of rotatable bonds is 1. The Labute approximate surface area is 66.5 Å². The van der Waals surface area contributed by atoms with Crippen molar-refractivity contribution in [3.63, 3.8) is 0 Å². The smallest absolute Gasteiger partial charge is 0.179 e. The van der Waals surface area contributed by atoms with Crippen LogP contribution in [0.1, 0.15) is 20.3 Å². The van der Waals surface area contributed by atoms with Gasteiger partial charge in [0.15, 0.2) is 5.79 Å². The quantitative estimate of drug-likeness (QED) is 0.550. The van der Waals surface area contributed by atoms with Gasteiger partial charge in [-0.25, -0.2) is 0 Å². The molecule has 1 fully saturated rings. The minimum atomic E-state index is -0.542. The topological polar surface area (TPSA) is 18.5 Å². The zero-order valence-electron chi connectivity index (χ0n) is 6.39. The van der Waals surface area contributed by atoms with Gasteiger partial charge in [0.05, 0.1) is 18.6 Å². The zero-order chi connectivity index (χ0) is 7.61. The van der Waals surface area contributed by atoms with E-state index in [1.807, 2.05) is 13.8 Å². The van der Waals surface area contributed by atoms with Crippen molar-refractivity contribution in [3.8, 4) is 0 Å². The van der Waals surface area contributed by atoms with E-state index in [4.69, 9.17) is 21.1 Å². The van der Waals surface area contributed by atoms with Crippen LogP contribution in [0.2, 0.25) is 0 Å². The molecule has 0 aromatic heterocycles. The van der Waals surface area contributed by atoms with E-state index in [0.29, 0.717) is 5.88 Å². The predicted octanol–water partition coefficient (Wildman–Crippen LogP) is 1.77. The summed E-state index contributed by atoms with van der Waals surface area (Å²) < 4.78 is 10.8. The van der Waals surface area contributed by atoms with Crippen LogP contribution in [0.5, 0.6) is 0 Å². The van der Waals surface area contributed by atoms with E-state index < -0.39 is 5.79 Å². The highest BCUT2D eigenvalue weighted by Crippen LogP contribution is 2.23. The van der Waals surface area contributed by atoms with Crippen LogP contribution >= 0.6 is 11.6 Å². The maximum Gasteiger partial charge on any atom is 0.179 e. The van der Waals surface area contributed by atoms with E-state index in [1.54, 1.807) is 0 Å². The van der Waals surface area contributed by atoms with Crippen molar-refractivity contribution in [2.24, 2.45) is 0 Å². The average molecular weight is 165 g/mol. The van der Waals surface area contributed by atoms with Crippen molar-refractivity contribution in [2.45, 2.75) is 32.2 Å². The first kappa shape index (κ1) is 8.31. The number of hydrogen-bond donors (Lipinski definition) is 0. The normalized spacial score (nSPS) is 41.7. The fraction of sp³-hybridized carbons (Fsp3) is 1.00. The molecule has 10 heavy (non-hydrogen) atoms. The number of alkyl halides is 1. The van der Waals surface area contributed by atoms with Crippen LogP contribution in [0.4, 0.5) is 0 Å². The van der Waals surface area contributed by atoms with Gasteiger partial charge < -0.3 is 9.47 Å². The van der Waals surface area contributed by atoms with Gasteiger partial charge >= 0.3 is 0 Å². The Kier molecular flexibility index (Phi) is 2.55. The van der Waals surface area contributed by atoms with Gasteiger partial charge in [-0.2, -0.15) is 0 Å². The maximum atomic E-state index is 5.64. The van der Waals surface area contributed by atoms with Crippen LogP contribution in [-0.4, -0.2) is 24.4 Å². The van der Waals surface area contributed by atoms with Crippen molar-refractivity contribution in [1.29, 1.82) is 0 Å². The molecule has 0 aromatic carbocycles. The van der Waals surface area contributed by atoms with Crippen LogP contribution < -0.4 is 0 Å². The van der Waals surface area contributed by atoms with Gasteiger partial charge in [-0.1, -0.05) is 0 Å². The molecule has 0 N–H and O–H groups in total. The predicted molar refractivity (Wildman–Crippen MR) is 40.2 cm³/mol. The SMILES string of the molecule is CC1CCOC(C)(CCl)O1. The lowest BCUT2D eigenvalue weighted by atomic mass is 10.2. The first-order chi connectivity index (χ1) is 4.66. The third-order valence-corrected chi connectivity index (χ3v) is 2.11. The summed E-state index contributed by atoms with van der Waals surface area (Å²) in [6, 6.07) is 0. The Morgan fingerprint density at radius 1 is 1.70 bits per heavy atom. The molecule has 0 bridgehead atoms. The molecular formula is C7H13ClO2. The molecule has 0 radical (unpaired) electrons. The lowest BCUT2D eigenvalue weighted by molar-refractivity contribution is -0.266. The number of halogens is 1. The van der Waals surface area contributed by atoms with Gasteiger partial charge in [0, 0.05) is 0 Å². The first-order valence-electron chi connectivity index (χ1n) is 3.54. The third kappa shape index (κ3) is 1.84. The zero-order valence-corrected chi connectivity index (χ0v) is 7.15. The summed E-state index contributed by atoms with van der Waals surface area (Å²) in [7, 11) is 0. The van der Waals surface area contributed by atoms with Gasteiger partial charge in [-0.05, 0) is 20.3 Å². The maximum absolute atomic E-state index is 5.64. The number of hydrogen-bond acceptors (Lipinski definition) is 2. The molecule has 3 heteroatoms.